The van der Waals surface area contributed by atoms with Crippen molar-refractivity contribution < 1.29 is 19.2 Å². The van der Waals surface area contributed by atoms with Crippen LogP contribution in [0.2, 0.25) is 0 Å². The summed E-state index contributed by atoms with van der Waals surface area (Å²) in [7, 11) is 0. The Labute approximate surface area is 249 Å². The lowest BCUT2D eigenvalue weighted by Crippen LogP contribution is -2.40. The van der Waals surface area contributed by atoms with Gasteiger partial charge in [-0.05, 0) is 105 Å². The fraction of sp³-hybridized carbons (Fsp3) is 0. The SMILES string of the molecule is Nc1ccc(N2C(=O)c3ccc4c5ccc6c7c(ccc(c8ccc(c3c48)C2=O)c75)C(=O)N(c2ccc(N)cc2)C6=O)cc1. The number of anilines is 4. The van der Waals surface area contributed by atoms with E-state index < -0.39 is 23.6 Å². The molecule has 0 fully saturated rings. The first-order valence-electron chi connectivity index (χ1n) is 14.0. The Morgan fingerprint density at radius 3 is 0.886 bits per heavy atom. The fourth-order valence-electron chi connectivity index (χ4n) is 6.98. The predicted octanol–water partition coefficient (Wildman–Crippen LogP) is 6.50. The van der Waals surface area contributed by atoms with E-state index in [1.54, 1.807) is 72.8 Å². The molecule has 7 aromatic rings. The molecular weight excluding hydrogens is 552 g/mol. The quantitative estimate of drug-likeness (QED) is 0.105. The van der Waals surface area contributed by atoms with E-state index in [4.69, 9.17) is 11.5 Å². The molecule has 0 aromatic heterocycles. The lowest BCUT2D eigenvalue weighted by atomic mass is 9.82. The first-order valence-corrected chi connectivity index (χ1v) is 14.0. The van der Waals surface area contributed by atoms with E-state index in [1.165, 1.54) is 9.80 Å². The van der Waals surface area contributed by atoms with Crippen LogP contribution in [0.3, 0.4) is 0 Å². The van der Waals surface area contributed by atoms with Gasteiger partial charge in [0, 0.05) is 44.4 Å². The van der Waals surface area contributed by atoms with Crippen LogP contribution in [0, 0.1) is 0 Å². The largest absolute Gasteiger partial charge is 0.399 e. The molecule has 0 aliphatic carbocycles. The minimum atomic E-state index is -0.411. The second-order valence-corrected chi connectivity index (χ2v) is 11.2. The van der Waals surface area contributed by atoms with Crippen molar-refractivity contribution in [2.75, 3.05) is 21.3 Å². The van der Waals surface area contributed by atoms with E-state index in [2.05, 4.69) is 0 Å². The molecule has 4 N–H and O–H groups in total. The number of carbonyl (C=O) groups is 4. The lowest BCUT2D eigenvalue weighted by Gasteiger charge is -2.30. The van der Waals surface area contributed by atoms with E-state index >= 15 is 0 Å². The summed E-state index contributed by atoms with van der Waals surface area (Å²) in [6.07, 6.45) is 0. The summed E-state index contributed by atoms with van der Waals surface area (Å²) in [5.74, 6) is -1.64. The molecule has 8 heteroatoms. The van der Waals surface area contributed by atoms with Crippen molar-refractivity contribution in [1.29, 1.82) is 0 Å². The molecule has 4 amide bonds. The highest BCUT2D eigenvalue weighted by Gasteiger charge is 2.37. The summed E-state index contributed by atoms with van der Waals surface area (Å²) in [6, 6.07) is 27.8. The topological polar surface area (TPSA) is 127 Å². The zero-order valence-corrected chi connectivity index (χ0v) is 22.9. The molecule has 0 bridgehead atoms. The predicted molar refractivity (Wildman–Crippen MR) is 172 cm³/mol. The number of fused-ring (bicyclic) bond motifs is 2. The zero-order valence-electron chi connectivity index (χ0n) is 22.9. The van der Waals surface area contributed by atoms with Gasteiger partial charge in [-0.25, -0.2) is 9.80 Å². The van der Waals surface area contributed by atoms with Crippen molar-refractivity contribution in [3.05, 3.63) is 119 Å². The van der Waals surface area contributed by atoms with Crippen molar-refractivity contribution in [3.8, 4) is 0 Å². The third-order valence-electron chi connectivity index (χ3n) is 8.94. The van der Waals surface area contributed by atoms with Gasteiger partial charge in [0.05, 0.1) is 11.4 Å². The number of rotatable bonds is 2. The molecule has 44 heavy (non-hydrogen) atoms. The first-order chi connectivity index (χ1) is 21.3. The van der Waals surface area contributed by atoms with Gasteiger partial charge in [-0.2, -0.15) is 0 Å². The number of hydrogen-bond donors (Lipinski definition) is 2. The monoisotopic (exact) mass is 572 g/mol. The zero-order chi connectivity index (χ0) is 30.0. The minimum Gasteiger partial charge on any atom is -0.399 e. The summed E-state index contributed by atoms with van der Waals surface area (Å²) in [5, 5.41) is 6.12. The molecular formula is C36H20N4O4. The van der Waals surface area contributed by atoms with E-state index in [0.29, 0.717) is 55.8 Å². The number of nitrogens with two attached hydrogens (primary N) is 2. The summed E-state index contributed by atoms with van der Waals surface area (Å²) in [4.78, 5) is 57.7. The van der Waals surface area contributed by atoms with Gasteiger partial charge in [-0.15, -0.1) is 0 Å². The number of carbonyl (C=O) groups excluding carboxylic acids is 4. The van der Waals surface area contributed by atoms with Crippen molar-refractivity contribution in [2.45, 2.75) is 0 Å². The molecule has 0 saturated heterocycles. The Balaban J connectivity index is 1.31. The summed E-state index contributed by atoms with van der Waals surface area (Å²) < 4.78 is 0. The smallest absolute Gasteiger partial charge is 0.265 e. The van der Waals surface area contributed by atoms with Crippen LogP contribution in [0.4, 0.5) is 22.7 Å². The molecule has 7 aromatic carbocycles. The van der Waals surface area contributed by atoms with Crippen LogP contribution in [0.5, 0.6) is 0 Å². The van der Waals surface area contributed by atoms with Gasteiger partial charge in [0.2, 0.25) is 0 Å². The normalized spacial score (nSPS) is 14.6. The average molecular weight is 573 g/mol. The van der Waals surface area contributed by atoms with E-state index in [-0.39, 0.29) is 0 Å². The number of amides is 4. The summed E-state index contributed by atoms with van der Waals surface area (Å²) in [5.41, 5.74) is 15.3. The molecule has 208 valence electrons. The van der Waals surface area contributed by atoms with Crippen LogP contribution < -0.4 is 21.3 Å². The molecule has 2 aliphatic rings. The average Bonchev–Trinajstić information content (AvgIpc) is 3.03. The third-order valence-corrected chi connectivity index (χ3v) is 8.94. The van der Waals surface area contributed by atoms with Crippen LogP contribution in [-0.4, -0.2) is 23.6 Å². The maximum absolute atomic E-state index is 13.8. The van der Waals surface area contributed by atoms with Gasteiger partial charge in [0.1, 0.15) is 0 Å². The van der Waals surface area contributed by atoms with Crippen molar-refractivity contribution >= 4 is 89.5 Å². The second kappa shape index (κ2) is 8.17. The summed E-state index contributed by atoms with van der Waals surface area (Å²) >= 11 is 0. The highest BCUT2D eigenvalue weighted by molar-refractivity contribution is 6.45. The number of imide groups is 2. The maximum Gasteiger partial charge on any atom is 0.265 e. The van der Waals surface area contributed by atoms with Crippen LogP contribution in [0.15, 0.2) is 97.1 Å². The number of nitrogens with zero attached hydrogens (tertiary/aromatic N) is 2. The molecule has 0 unspecified atom stereocenters. The molecule has 0 saturated carbocycles. The van der Waals surface area contributed by atoms with Gasteiger partial charge in [0.15, 0.2) is 0 Å². The molecule has 0 spiro atoms. The van der Waals surface area contributed by atoms with Crippen LogP contribution >= 0.6 is 0 Å². The lowest BCUT2D eigenvalue weighted by molar-refractivity contribution is 0.0877. The van der Waals surface area contributed by atoms with Gasteiger partial charge in [-0.1, -0.05) is 24.3 Å². The fourth-order valence-corrected chi connectivity index (χ4v) is 6.98. The van der Waals surface area contributed by atoms with Gasteiger partial charge in [0.25, 0.3) is 23.6 Å². The molecule has 0 atom stereocenters. The molecule has 9 rings (SSSR count). The Morgan fingerprint density at radius 2 is 0.614 bits per heavy atom. The van der Waals surface area contributed by atoms with Crippen LogP contribution in [0.25, 0.3) is 43.1 Å². The van der Waals surface area contributed by atoms with Gasteiger partial charge >= 0.3 is 0 Å². The van der Waals surface area contributed by atoms with Crippen molar-refractivity contribution in [3.63, 3.8) is 0 Å². The Hall–Kier alpha value is -6.28. The van der Waals surface area contributed by atoms with Crippen molar-refractivity contribution in [1.82, 2.24) is 0 Å². The third kappa shape index (κ3) is 2.91. The maximum atomic E-state index is 13.8. The van der Waals surface area contributed by atoms with Gasteiger partial charge < -0.3 is 11.5 Å². The molecule has 8 nitrogen and oxygen atoms in total. The summed E-state index contributed by atoms with van der Waals surface area (Å²) in [6.45, 7) is 0. The number of nitrogen functional groups attached to an aromatic ring is 2. The van der Waals surface area contributed by atoms with Crippen LogP contribution in [-0.2, 0) is 0 Å². The first kappa shape index (κ1) is 24.3. The van der Waals surface area contributed by atoms with E-state index in [9.17, 15) is 19.2 Å². The van der Waals surface area contributed by atoms with Gasteiger partial charge in [-0.3, -0.25) is 19.2 Å². The Kier molecular flexibility index (Phi) is 4.52. The number of hydrogen-bond acceptors (Lipinski definition) is 6. The second-order valence-electron chi connectivity index (χ2n) is 11.2. The van der Waals surface area contributed by atoms with Crippen molar-refractivity contribution in [2.24, 2.45) is 0 Å². The Morgan fingerprint density at radius 1 is 0.341 bits per heavy atom. The molecule has 2 heterocycles. The minimum absolute atomic E-state index is 0.411. The molecule has 2 aliphatic heterocycles. The highest BCUT2D eigenvalue weighted by atomic mass is 16.2. The van der Waals surface area contributed by atoms with E-state index in [0.717, 1.165) is 32.3 Å². The highest BCUT2D eigenvalue weighted by Crippen LogP contribution is 2.47. The Bertz CT molecular complexity index is 2190. The van der Waals surface area contributed by atoms with E-state index in [1.807, 2.05) is 24.3 Å². The van der Waals surface area contributed by atoms with Crippen LogP contribution in [0.1, 0.15) is 41.4 Å². The number of benzene rings is 7. The molecule has 0 radical (unpaired) electrons. The standard InChI is InChI=1S/C36H20N4O4/c37-17-1-5-19(6-2-17)39-33(41)25-13-9-21-23-11-15-27-32-28(36(44)40(35(27)43)20-7-3-18(38)4-8-20)16-12-24(30(23)32)22-10-14-26(34(39)42)31(25)29(21)22/h1-16H,37-38H2.